The molecule has 0 N–H and O–H groups in total. The molecular formula is C17H16Cl2N2O2. The van der Waals surface area contributed by atoms with E-state index in [4.69, 9.17) is 23.2 Å². The summed E-state index contributed by atoms with van der Waals surface area (Å²) < 4.78 is 0. The lowest BCUT2D eigenvalue weighted by Gasteiger charge is -2.35. The van der Waals surface area contributed by atoms with Crippen molar-refractivity contribution >= 4 is 45.8 Å². The zero-order chi connectivity index (χ0) is 16.4. The van der Waals surface area contributed by atoms with E-state index in [2.05, 4.69) is 0 Å². The summed E-state index contributed by atoms with van der Waals surface area (Å²) in [6.07, 6.45) is 0. The van der Waals surface area contributed by atoms with Crippen LogP contribution in [0.2, 0.25) is 0 Å². The molecule has 0 aromatic heterocycles. The van der Waals surface area contributed by atoms with Gasteiger partial charge in [-0.3, -0.25) is 9.59 Å². The monoisotopic (exact) mass is 350 g/mol. The van der Waals surface area contributed by atoms with Crippen molar-refractivity contribution in [1.29, 1.82) is 0 Å². The van der Waals surface area contributed by atoms with Gasteiger partial charge in [-0.1, -0.05) is 59.6 Å². The van der Waals surface area contributed by atoms with Gasteiger partial charge in [0.15, 0.2) is 4.84 Å². The average Bonchev–Trinajstić information content (AvgIpc) is 2.60. The molecule has 6 heteroatoms. The molecule has 1 heterocycles. The predicted octanol–water partition coefficient (Wildman–Crippen LogP) is 2.93. The van der Waals surface area contributed by atoms with Gasteiger partial charge in [-0.2, -0.15) is 0 Å². The molecule has 1 saturated heterocycles. The number of amides is 2. The van der Waals surface area contributed by atoms with Gasteiger partial charge in [0.05, 0.1) is 0 Å². The molecule has 1 aliphatic rings. The van der Waals surface area contributed by atoms with E-state index in [1.165, 1.54) is 0 Å². The van der Waals surface area contributed by atoms with Crippen molar-refractivity contribution in [3.05, 3.63) is 48.0 Å². The van der Waals surface area contributed by atoms with Crippen molar-refractivity contribution in [1.82, 2.24) is 9.80 Å². The predicted molar refractivity (Wildman–Crippen MR) is 91.9 cm³/mol. The summed E-state index contributed by atoms with van der Waals surface area (Å²) in [6, 6.07) is 13.5. The molecule has 2 aromatic rings. The number of alkyl halides is 2. The van der Waals surface area contributed by atoms with Crippen LogP contribution in [0.25, 0.3) is 10.8 Å². The molecule has 0 saturated carbocycles. The number of piperazine rings is 1. The molecular weight excluding hydrogens is 335 g/mol. The molecule has 0 aliphatic carbocycles. The van der Waals surface area contributed by atoms with Crippen LogP contribution in [0.5, 0.6) is 0 Å². The Labute approximate surface area is 144 Å². The van der Waals surface area contributed by atoms with E-state index in [9.17, 15) is 9.59 Å². The highest BCUT2D eigenvalue weighted by molar-refractivity contribution is 6.53. The van der Waals surface area contributed by atoms with Crippen LogP contribution in [-0.4, -0.2) is 52.6 Å². The zero-order valence-corrected chi connectivity index (χ0v) is 13.9. The lowest BCUT2D eigenvalue weighted by molar-refractivity contribution is -0.130. The number of fused-ring (bicyclic) bond motifs is 1. The molecule has 2 amide bonds. The third-order valence-corrected chi connectivity index (χ3v) is 4.46. The van der Waals surface area contributed by atoms with E-state index in [0.717, 1.165) is 10.8 Å². The molecule has 0 radical (unpaired) electrons. The molecule has 4 nitrogen and oxygen atoms in total. The number of hydrogen-bond acceptors (Lipinski definition) is 2. The second-order valence-corrected chi connectivity index (χ2v) is 6.54. The minimum atomic E-state index is -1.05. The van der Waals surface area contributed by atoms with Crippen LogP contribution in [0.15, 0.2) is 42.5 Å². The van der Waals surface area contributed by atoms with E-state index in [-0.39, 0.29) is 11.8 Å². The Kier molecular flexibility index (Phi) is 4.74. The Morgan fingerprint density at radius 2 is 1.48 bits per heavy atom. The fourth-order valence-corrected chi connectivity index (χ4v) is 3.13. The summed E-state index contributed by atoms with van der Waals surface area (Å²) >= 11 is 11.2. The Morgan fingerprint density at radius 3 is 2.17 bits per heavy atom. The number of rotatable bonds is 2. The Hall–Kier alpha value is -1.78. The minimum absolute atomic E-state index is 0.0119. The van der Waals surface area contributed by atoms with Crippen LogP contribution in [0.1, 0.15) is 10.4 Å². The molecule has 0 unspecified atom stereocenters. The maximum absolute atomic E-state index is 12.8. The SMILES string of the molecule is O=C(c1cccc2ccccc12)N1CCN(C(=O)C(Cl)Cl)CC1. The van der Waals surface area contributed by atoms with E-state index >= 15 is 0 Å². The van der Waals surface area contributed by atoms with Gasteiger partial charge in [0, 0.05) is 31.7 Å². The van der Waals surface area contributed by atoms with Gasteiger partial charge in [-0.15, -0.1) is 0 Å². The maximum Gasteiger partial charge on any atom is 0.255 e. The summed E-state index contributed by atoms with van der Waals surface area (Å²) in [4.78, 5) is 26.9. The van der Waals surface area contributed by atoms with Gasteiger partial charge < -0.3 is 9.80 Å². The minimum Gasteiger partial charge on any atom is -0.337 e. The van der Waals surface area contributed by atoms with Crippen LogP contribution in [0, 0.1) is 0 Å². The number of hydrogen-bond donors (Lipinski definition) is 0. The van der Waals surface area contributed by atoms with Gasteiger partial charge in [0.1, 0.15) is 0 Å². The van der Waals surface area contributed by atoms with Gasteiger partial charge in [-0.05, 0) is 16.8 Å². The van der Waals surface area contributed by atoms with Crippen LogP contribution < -0.4 is 0 Å². The Balaban J connectivity index is 1.76. The summed E-state index contributed by atoms with van der Waals surface area (Å²) in [5, 5.41) is 1.99. The molecule has 1 fully saturated rings. The first-order chi connectivity index (χ1) is 11.1. The van der Waals surface area contributed by atoms with E-state index < -0.39 is 4.84 Å². The lowest BCUT2D eigenvalue weighted by atomic mass is 10.0. The normalized spacial score (nSPS) is 15.3. The fourth-order valence-electron chi connectivity index (χ4n) is 2.85. The first kappa shape index (κ1) is 16.1. The van der Waals surface area contributed by atoms with Crippen molar-refractivity contribution in [3.8, 4) is 0 Å². The zero-order valence-electron chi connectivity index (χ0n) is 12.4. The molecule has 0 atom stereocenters. The van der Waals surface area contributed by atoms with Crippen LogP contribution >= 0.6 is 23.2 Å². The van der Waals surface area contributed by atoms with E-state index in [1.54, 1.807) is 9.80 Å². The van der Waals surface area contributed by atoms with Crippen molar-refractivity contribution in [2.24, 2.45) is 0 Å². The Morgan fingerprint density at radius 1 is 0.870 bits per heavy atom. The molecule has 2 aromatic carbocycles. The van der Waals surface area contributed by atoms with Crippen molar-refractivity contribution in [2.75, 3.05) is 26.2 Å². The topological polar surface area (TPSA) is 40.6 Å². The maximum atomic E-state index is 12.8. The third-order valence-electron chi connectivity index (χ3n) is 4.09. The summed E-state index contributed by atoms with van der Waals surface area (Å²) in [5.41, 5.74) is 0.690. The smallest absolute Gasteiger partial charge is 0.255 e. The van der Waals surface area contributed by atoms with Crippen LogP contribution in [0.3, 0.4) is 0 Å². The van der Waals surface area contributed by atoms with Crippen LogP contribution in [0.4, 0.5) is 0 Å². The molecule has 0 spiro atoms. The highest BCUT2D eigenvalue weighted by Gasteiger charge is 2.27. The summed E-state index contributed by atoms with van der Waals surface area (Å²) in [6.45, 7) is 1.86. The molecule has 1 aliphatic heterocycles. The molecule has 3 rings (SSSR count). The highest BCUT2D eigenvalue weighted by atomic mass is 35.5. The summed E-state index contributed by atoms with van der Waals surface area (Å²) in [7, 11) is 0. The lowest BCUT2D eigenvalue weighted by Crippen LogP contribution is -2.51. The highest BCUT2D eigenvalue weighted by Crippen LogP contribution is 2.21. The standard InChI is InChI=1S/C17H16Cl2N2O2/c18-15(19)17(23)21-10-8-20(9-11-21)16(22)14-7-3-5-12-4-1-2-6-13(12)14/h1-7,15H,8-11H2. The quantitative estimate of drug-likeness (QED) is 0.781. The molecule has 0 bridgehead atoms. The van der Waals surface area contributed by atoms with Gasteiger partial charge in [-0.25, -0.2) is 0 Å². The van der Waals surface area contributed by atoms with Crippen molar-refractivity contribution in [2.45, 2.75) is 4.84 Å². The number of carbonyl (C=O) groups is 2. The second kappa shape index (κ2) is 6.77. The average molecular weight is 351 g/mol. The number of nitrogens with zero attached hydrogens (tertiary/aromatic N) is 2. The second-order valence-electron chi connectivity index (χ2n) is 5.44. The number of benzene rings is 2. The van der Waals surface area contributed by atoms with Gasteiger partial charge in [0.2, 0.25) is 0 Å². The third kappa shape index (κ3) is 3.28. The summed E-state index contributed by atoms with van der Waals surface area (Å²) in [5.74, 6) is -0.312. The first-order valence-electron chi connectivity index (χ1n) is 7.42. The van der Waals surface area contributed by atoms with Gasteiger partial charge >= 0.3 is 0 Å². The largest absolute Gasteiger partial charge is 0.337 e. The van der Waals surface area contributed by atoms with E-state index in [0.29, 0.717) is 31.7 Å². The first-order valence-corrected chi connectivity index (χ1v) is 8.29. The molecule has 23 heavy (non-hydrogen) atoms. The number of carbonyl (C=O) groups excluding carboxylic acids is 2. The van der Waals surface area contributed by atoms with Gasteiger partial charge in [0.25, 0.3) is 11.8 Å². The van der Waals surface area contributed by atoms with E-state index in [1.807, 2.05) is 42.5 Å². The fraction of sp³-hybridized carbons (Fsp3) is 0.294. The van der Waals surface area contributed by atoms with Crippen molar-refractivity contribution < 1.29 is 9.59 Å². The molecule has 120 valence electrons. The van der Waals surface area contributed by atoms with Crippen molar-refractivity contribution in [3.63, 3.8) is 0 Å². The number of halogens is 2. The Bertz CT molecular complexity index is 735. The van der Waals surface area contributed by atoms with Crippen LogP contribution in [-0.2, 0) is 4.79 Å².